The molecule has 10 aromatic carbocycles. The van der Waals surface area contributed by atoms with Gasteiger partial charge in [0.05, 0.1) is 0 Å². The molecule has 0 aliphatic heterocycles. The molecule has 2 aromatic heterocycles. The Morgan fingerprint density at radius 1 is 0.212 bits per heavy atom. The van der Waals surface area contributed by atoms with Gasteiger partial charge >= 0.3 is 0 Å². The van der Waals surface area contributed by atoms with E-state index in [1.165, 1.54) is 32.7 Å². The SMILES string of the molecule is c1ccc(-c2ccc(-c3nc(-c4ccc(-c5ccccc5)cc4)nc(-c4cc(-c5ccc(-c6cc7ccccc7c7ccccc67)cc5)cc(-c5cncc6ccccc56)c4)n3)cc2)cc1. The van der Waals surface area contributed by atoms with Crippen LogP contribution in [0.2, 0.25) is 0 Å². The number of hydrogen-bond acceptors (Lipinski definition) is 4. The van der Waals surface area contributed by atoms with E-state index in [9.17, 15) is 0 Å². The molecule has 12 rings (SSSR count). The fraction of sp³-hybridized carbons (Fsp3) is 0. The summed E-state index contributed by atoms with van der Waals surface area (Å²) >= 11 is 0. The number of aromatic nitrogens is 4. The Bertz CT molecular complexity index is 3610. The maximum atomic E-state index is 5.27. The first-order chi connectivity index (χ1) is 32.7. The Morgan fingerprint density at radius 2 is 0.621 bits per heavy atom. The first-order valence-corrected chi connectivity index (χ1v) is 22.3. The van der Waals surface area contributed by atoms with Crippen LogP contribution in [-0.2, 0) is 0 Å². The molecule has 0 fully saturated rings. The Morgan fingerprint density at radius 3 is 1.23 bits per heavy atom. The molecule has 0 saturated carbocycles. The summed E-state index contributed by atoms with van der Waals surface area (Å²) in [6, 6.07) is 81.5. The van der Waals surface area contributed by atoms with Crippen LogP contribution < -0.4 is 0 Å². The second-order valence-corrected chi connectivity index (χ2v) is 16.7. The summed E-state index contributed by atoms with van der Waals surface area (Å²) in [5, 5.41) is 7.19. The lowest BCUT2D eigenvalue weighted by atomic mass is 9.91. The lowest BCUT2D eigenvalue weighted by molar-refractivity contribution is 1.07. The quantitative estimate of drug-likeness (QED) is 0.143. The molecular formula is C62H40N4. The van der Waals surface area contributed by atoms with Gasteiger partial charge in [-0.05, 0) is 101 Å². The summed E-state index contributed by atoms with van der Waals surface area (Å²) < 4.78 is 0. The minimum absolute atomic E-state index is 0.588. The van der Waals surface area contributed by atoms with Crippen LogP contribution in [0, 0.1) is 0 Å². The van der Waals surface area contributed by atoms with Crippen LogP contribution >= 0.6 is 0 Å². The largest absolute Gasteiger partial charge is 0.263 e. The number of nitrogens with zero attached hydrogens (tertiary/aromatic N) is 4. The highest BCUT2D eigenvalue weighted by Crippen LogP contribution is 2.39. The first-order valence-electron chi connectivity index (χ1n) is 22.3. The Balaban J connectivity index is 1.02. The van der Waals surface area contributed by atoms with Gasteiger partial charge in [0, 0.05) is 40.0 Å². The number of benzene rings is 10. The van der Waals surface area contributed by atoms with E-state index in [0.717, 1.165) is 72.0 Å². The van der Waals surface area contributed by atoms with Crippen LogP contribution in [0.1, 0.15) is 0 Å². The van der Waals surface area contributed by atoms with Gasteiger partial charge in [-0.3, -0.25) is 4.98 Å². The predicted molar refractivity (Wildman–Crippen MR) is 274 cm³/mol. The van der Waals surface area contributed by atoms with Crippen LogP contribution in [-0.4, -0.2) is 19.9 Å². The molecule has 2 heterocycles. The monoisotopic (exact) mass is 840 g/mol. The second-order valence-electron chi connectivity index (χ2n) is 16.7. The number of pyridine rings is 1. The topological polar surface area (TPSA) is 51.6 Å². The minimum atomic E-state index is 0.588. The van der Waals surface area contributed by atoms with Crippen molar-refractivity contribution in [3.8, 4) is 89.8 Å². The van der Waals surface area contributed by atoms with Crippen molar-refractivity contribution in [2.75, 3.05) is 0 Å². The zero-order chi connectivity index (χ0) is 43.8. The van der Waals surface area contributed by atoms with Gasteiger partial charge in [-0.2, -0.15) is 0 Å². The molecule has 0 spiro atoms. The van der Waals surface area contributed by atoms with E-state index >= 15 is 0 Å². The molecule has 0 radical (unpaired) electrons. The van der Waals surface area contributed by atoms with E-state index in [1.54, 1.807) is 0 Å². The lowest BCUT2D eigenvalue weighted by Crippen LogP contribution is -2.01. The normalized spacial score (nSPS) is 11.3. The van der Waals surface area contributed by atoms with Crippen molar-refractivity contribution < 1.29 is 0 Å². The van der Waals surface area contributed by atoms with Gasteiger partial charge in [-0.25, -0.2) is 15.0 Å². The summed E-state index contributed by atoms with van der Waals surface area (Å²) in [6.45, 7) is 0. The van der Waals surface area contributed by atoms with Crippen LogP contribution in [0.15, 0.2) is 243 Å². The van der Waals surface area contributed by atoms with Gasteiger partial charge in [-0.15, -0.1) is 0 Å². The fourth-order valence-corrected chi connectivity index (χ4v) is 9.21. The van der Waals surface area contributed by atoms with Gasteiger partial charge in [0.2, 0.25) is 0 Å². The molecule has 12 aromatic rings. The van der Waals surface area contributed by atoms with E-state index in [2.05, 4.69) is 218 Å². The van der Waals surface area contributed by atoms with E-state index in [-0.39, 0.29) is 0 Å². The predicted octanol–water partition coefficient (Wildman–Crippen LogP) is 16.1. The van der Waals surface area contributed by atoms with Crippen molar-refractivity contribution in [2.24, 2.45) is 0 Å². The van der Waals surface area contributed by atoms with Gasteiger partial charge in [0.15, 0.2) is 17.5 Å². The third-order valence-corrected chi connectivity index (χ3v) is 12.6. The summed E-state index contributed by atoms with van der Waals surface area (Å²) in [4.78, 5) is 20.4. The summed E-state index contributed by atoms with van der Waals surface area (Å²) in [5.74, 6) is 1.80. The minimum Gasteiger partial charge on any atom is -0.263 e. The van der Waals surface area contributed by atoms with Crippen LogP contribution in [0.3, 0.4) is 0 Å². The van der Waals surface area contributed by atoms with E-state index in [4.69, 9.17) is 19.9 Å². The zero-order valence-corrected chi connectivity index (χ0v) is 35.9. The van der Waals surface area contributed by atoms with Crippen molar-refractivity contribution in [2.45, 2.75) is 0 Å². The molecule has 0 amide bonds. The number of hydrogen-bond donors (Lipinski definition) is 0. The summed E-state index contributed by atoms with van der Waals surface area (Å²) in [7, 11) is 0. The molecular weight excluding hydrogens is 801 g/mol. The van der Waals surface area contributed by atoms with Crippen molar-refractivity contribution in [3.05, 3.63) is 243 Å². The third kappa shape index (κ3) is 7.36. The van der Waals surface area contributed by atoms with Crippen molar-refractivity contribution >= 4 is 32.3 Å². The molecule has 0 N–H and O–H groups in total. The lowest BCUT2D eigenvalue weighted by Gasteiger charge is -2.14. The zero-order valence-electron chi connectivity index (χ0n) is 35.9. The molecule has 4 heteroatoms. The average molecular weight is 841 g/mol. The van der Waals surface area contributed by atoms with Gasteiger partial charge in [0.25, 0.3) is 0 Å². The maximum Gasteiger partial charge on any atom is 0.164 e. The van der Waals surface area contributed by atoms with Crippen LogP contribution in [0.25, 0.3) is 122 Å². The summed E-state index contributed by atoms with van der Waals surface area (Å²) in [5.41, 5.74) is 13.9. The average Bonchev–Trinajstić information content (AvgIpc) is 3.41. The number of fused-ring (bicyclic) bond motifs is 4. The van der Waals surface area contributed by atoms with Crippen molar-refractivity contribution in [1.29, 1.82) is 0 Å². The fourth-order valence-electron chi connectivity index (χ4n) is 9.21. The third-order valence-electron chi connectivity index (χ3n) is 12.6. The highest BCUT2D eigenvalue weighted by molar-refractivity contribution is 6.13. The molecule has 0 aliphatic carbocycles. The van der Waals surface area contributed by atoms with Gasteiger partial charge in [0.1, 0.15) is 0 Å². The molecule has 0 atom stereocenters. The summed E-state index contributed by atoms with van der Waals surface area (Å²) in [6.07, 6.45) is 3.89. The Kier molecular flexibility index (Phi) is 9.81. The Labute approximate surface area is 383 Å². The van der Waals surface area contributed by atoms with Gasteiger partial charge in [-0.1, -0.05) is 206 Å². The van der Waals surface area contributed by atoms with Crippen LogP contribution in [0.5, 0.6) is 0 Å². The highest BCUT2D eigenvalue weighted by atomic mass is 15.0. The molecule has 0 saturated heterocycles. The second kappa shape index (κ2) is 16.7. The van der Waals surface area contributed by atoms with Crippen molar-refractivity contribution in [3.63, 3.8) is 0 Å². The molecule has 308 valence electrons. The van der Waals surface area contributed by atoms with Gasteiger partial charge < -0.3 is 0 Å². The van der Waals surface area contributed by atoms with E-state index < -0.39 is 0 Å². The Hall–Kier alpha value is -8.86. The van der Waals surface area contributed by atoms with Crippen LogP contribution in [0.4, 0.5) is 0 Å². The maximum absolute atomic E-state index is 5.27. The molecule has 0 unspecified atom stereocenters. The molecule has 66 heavy (non-hydrogen) atoms. The van der Waals surface area contributed by atoms with Crippen molar-refractivity contribution in [1.82, 2.24) is 19.9 Å². The highest BCUT2D eigenvalue weighted by Gasteiger charge is 2.17. The van der Waals surface area contributed by atoms with E-state index in [1.807, 2.05) is 24.5 Å². The molecule has 0 bridgehead atoms. The number of rotatable bonds is 8. The molecule has 0 aliphatic rings. The molecule has 4 nitrogen and oxygen atoms in total. The smallest absolute Gasteiger partial charge is 0.164 e. The first kappa shape index (κ1) is 38.8. The van der Waals surface area contributed by atoms with E-state index in [0.29, 0.717) is 17.5 Å². The standard InChI is InChI=1S/C62H40N4/c1-3-13-41(14-4-1)43-25-31-47(32-26-43)60-64-61(48-33-27-44(28-34-48)42-15-5-2-6-16-42)66-62(65-60)53-36-51(35-52(37-53)59-40-63-39-50-18-8-10-20-55(50)59)45-23-29-46(30-24-45)58-38-49-17-7-9-19-54(49)56-21-11-12-22-57(56)58/h1-40H.